The average Bonchev–Trinajstić information content (AvgIpc) is 2.77. The highest BCUT2D eigenvalue weighted by molar-refractivity contribution is 7.98. The fourth-order valence-corrected chi connectivity index (χ4v) is 5.85. The molecule has 0 spiro atoms. The second-order valence-electron chi connectivity index (χ2n) is 9.32. The zero-order chi connectivity index (χ0) is 23.2. The van der Waals surface area contributed by atoms with E-state index in [0.29, 0.717) is 39.3 Å². The van der Waals surface area contributed by atoms with Crippen LogP contribution in [0.25, 0.3) is 0 Å². The Kier molecular flexibility index (Phi) is 5.67. The molecule has 168 valence electrons. The monoisotopic (exact) mass is 477 g/mol. The van der Waals surface area contributed by atoms with Crippen molar-refractivity contribution < 1.29 is 4.79 Å². The first-order valence-electron chi connectivity index (χ1n) is 10.9. The van der Waals surface area contributed by atoms with Crippen molar-refractivity contribution in [2.45, 2.75) is 43.5 Å². The van der Waals surface area contributed by atoms with Gasteiger partial charge in [0.1, 0.15) is 5.82 Å². The first-order valence-corrected chi connectivity index (χ1v) is 12.3. The van der Waals surface area contributed by atoms with Gasteiger partial charge in [0.05, 0.1) is 5.56 Å². The number of H-pyrrole nitrogens is 1. The molecular weight excluding hydrogens is 454 g/mol. The van der Waals surface area contributed by atoms with Crippen LogP contribution in [0.1, 0.15) is 49.3 Å². The molecule has 7 heteroatoms. The lowest BCUT2D eigenvalue weighted by molar-refractivity contribution is -0.118. The van der Waals surface area contributed by atoms with Gasteiger partial charge in [-0.25, -0.2) is 4.98 Å². The molecule has 3 aromatic rings. The smallest absolute Gasteiger partial charge is 0.257 e. The first-order chi connectivity index (χ1) is 15.8. The minimum atomic E-state index is -0.431. The number of aromatic nitrogens is 2. The maximum atomic E-state index is 13.3. The van der Waals surface area contributed by atoms with Gasteiger partial charge in [0.2, 0.25) is 0 Å². The maximum absolute atomic E-state index is 13.3. The number of rotatable bonds is 4. The lowest BCUT2D eigenvalue weighted by Gasteiger charge is -2.38. The number of aromatic amines is 1. The number of carbonyl (C=O) groups excluding carboxylic acids is 1. The molecule has 0 saturated carbocycles. The fraction of sp³-hybridized carbons (Fsp3) is 0.269. The summed E-state index contributed by atoms with van der Waals surface area (Å²) in [6, 6.07) is 17.4. The summed E-state index contributed by atoms with van der Waals surface area (Å²) >= 11 is 7.71. The van der Waals surface area contributed by atoms with Crippen molar-refractivity contribution in [2.75, 3.05) is 5.32 Å². The van der Waals surface area contributed by atoms with Crippen molar-refractivity contribution in [3.05, 3.63) is 97.9 Å². The molecule has 0 amide bonds. The van der Waals surface area contributed by atoms with Crippen LogP contribution in [0, 0.1) is 5.41 Å². The molecule has 0 saturated heterocycles. The molecule has 0 radical (unpaired) electrons. The van der Waals surface area contributed by atoms with Gasteiger partial charge in [-0.3, -0.25) is 9.59 Å². The summed E-state index contributed by atoms with van der Waals surface area (Å²) < 4.78 is 0. The number of allylic oxidation sites excluding steroid dienone is 2. The molecule has 2 aromatic carbocycles. The van der Waals surface area contributed by atoms with Crippen LogP contribution >= 0.6 is 23.4 Å². The molecule has 2 heterocycles. The zero-order valence-electron chi connectivity index (χ0n) is 18.4. The summed E-state index contributed by atoms with van der Waals surface area (Å²) in [5.74, 6) is 0.770. The van der Waals surface area contributed by atoms with Gasteiger partial charge in [-0.1, -0.05) is 85.7 Å². The Morgan fingerprint density at radius 3 is 2.55 bits per heavy atom. The molecule has 2 N–H and O–H groups in total. The molecule has 0 unspecified atom stereocenters. The summed E-state index contributed by atoms with van der Waals surface area (Å²) in [6.07, 6.45) is 1.19. The van der Waals surface area contributed by atoms with Crippen LogP contribution in [-0.2, 0) is 10.5 Å². The van der Waals surface area contributed by atoms with Crippen LogP contribution in [0.2, 0.25) is 5.02 Å². The number of ketones is 1. The van der Waals surface area contributed by atoms with E-state index in [1.807, 2.05) is 54.6 Å². The van der Waals surface area contributed by atoms with E-state index in [1.54, 1.807) is 0 Å². The normalized spacial score (nSPS) is 19.0. The topological polar surface area (TPSA) is 74.8 Å². The number of carbonyl (C=O) groups is 1. The van der Waals surface area contributed by atoms with Crippen molar-refractivity contribution in [1.29, 1.82) is 0 Å². The molecule has 5 nitrogen and oxygen atoms in total. The van der Waals surface area contributed by atoms with E-state index in [2.05, 4.69) is 24.1 Å². The lowest BCUT2D eigenvalue weighted by atomic mass is 9.69. The van der Waals surface area contributed by atoms with Crippen LogP contribution in [0.3, 0.4) is 0 Å². The third-order valence-corrected chi connectivity index (χ3v) is 7.45. The van der Waals surface area contributed by atoms with Crippen LogP contribution in [0.15, 0.2) is 75.8 Å². The summed E-state index contributed by atoms with van der Waals surface area (Å²) in [6.45, 7) is 4.19. The predicted octanol–water partition coefficient (Wildman–Crippen LogP) is 5.92. The third-order valence-electron chi connectivity index (χ3n) is 6.16. The highest BCUT2D eigenvalue weighted by Gasteiger charge is 2.42. The average molecular weight is 478 g/mol. The highest BCUT2D eigenvalue weighted by Crippen LogP contribution is 2.47. The van der Waals surface area contributed by atoms with E-state index in [9.17, 15) is 9.59 Å². The Bertz CT molecular complexity index is 1330. The summed E-state index contributed by atoms with van der Waals surface area (Å²) in [5, 5.41) is 4.57. The van der Waals surface area contributed by atoms with E-state index in [1.165, 1.54) is 11.8 Å². The third kappa shape index (κ3) is 4.25. The molecule has 1 aromatic heterocycles. The minimum absolute atomic E-state index is 0.0878. The number of hydrogen-bond acceptors (Lipinski definition) is 5. The van der Waals surface area contributed by atoms with Gasteiger partial charge in [-0.15, -0.1) is 0 Å². The maximum Gasteiger partial charge on any atom is 0.257 e. The van der Waals surface area contributed by atoms with Crippen LogP contribution in [0.5, 0.6) is 0 Å². The van der Waals surface area contributed by atoms with Gasteiger partial charge in [-0.05, 0) is 29.0 Å². The Labute approximate surface area is 201 Å². The molecule has 2 aliphatic rings. The number of halogens is 1. The van der Waals surface area contributed by atoms with Crippen molar-refractivity contribution in [2.24, 2.45) is 5.41 Å². The molecule has 1 aliphatic heterocycles. The van der Waals surface area contributed by atoms with Crippen LogP contribution < -0.4 is 10.9 Å². The van der Waals surface area contributed by atoms with Crippen molar-refractivity contribution in [3.63, 3.8) is 0 Å². The van der Waals surface area contributed by atoms with E-state index >= 15 is 0 Å². The van der Waals surface area contributed by atoms with Crippen LogP contribution in [0.4, 0.5) is 5.82 Å². The second-order valence-corrected chi connectivity index (χ2v) is 10.7. The molecule has 0 bridgehead atoms. The number of anilines is 1. The quantitative estimate of drug-likeness (QED) is 0.360. The van der Waals surface area contributed by atoms with E-state index in [4.69, 9.17) is 16.6 Å². The van der Waals surface area contributed by atoms with Crippen molar-refractivity contribution in [3.8, 4) is 0 Å². The molecule has 5 rings (SSSR count). The number of Topliss-reactive ketones (excluding diaryl/α,β-unsaturated/α-hetero) is 1. The van der Waals surface area contributed by atoms with E-state index < -0.39 is 5.92 Å². The van der Waals surface area contributed by atoms with Gasteiger partial charge in [0.25, 0.3) is 5.56 Å². The van der Waals surface area contributed by atoms with Crippen LogP contribution in [-0.4, -0.2) is 15.8 Å². The molecule has 1 atom stereocenters. The molecule has 0 fully saturated rings. The van der Waals surface area contributed by atoms with Gasteiger partial charge < -0.3 is 10.3 Å². The van der Waals surface area contributed by atoms with Crippen molar-refractivity contribution in [1.82, 2.24) is 9.97 Å². The Morgan fingerprint density at radius 1 is 1.06 bits per heavy atom. The van der Waals surface area contributed by atoms with Gasteiger partial charge in [-0.2, -0.15) is 0 Å². The number of fused-ring (bicyclic) bond motifs is 1. The number of hydrogen-bond donors (Lipinski definition) is 2. The largest absolute Gasteiger partial charge is 0.343 e. The SMILES string of the molecule is CC1(C)CC(=O)C2=C(C1)Nc1nc(SCc3ccccc3Cl)[nH]c(=O)c1[C@H]2c1ccccc1. The number of thioether (sulfide) groups is 1. The Morgan fingerprint density at radius 2 is 1.79 bits per heavy atom. The Hall–Kier alpha value is -2.83. The van der Waals surface area contributed by atoms with Gasteiger partial charge >= 0.3 is 0 Å². The number of nitrogens with one attached hydrogen (secondary N) is 2. The van der Waals surface area contributed by atoms with E-state index in [-0.39, 0.29) is 16.8 Å². The highest BCUT2D eigenvalue weighted by atomic mass is 35.5. The fourth-order valence-electron chi connectivity index (χ4n) is 4.70. The molecule has 33 heavy (non-hydrogen) atoms. The zero-order valence-corrected chi connectivity index (χ0v) is 20.0. The number of benzene rings is 2. The van der Waals surface area contributed by atoms with Crippen molar-refractivity contribution >= 4 is 35.0 Å². The second kappa shape index (κ2) is 8.50. The minimum Gasteiger partial charge on any atom is -0.343 e. The first kappa shape index (κ1) is 22.0. The summed E-state index contributed by atoms with van der Waals surface area (Å²) in [7, 11) is 0. The Balaban J connectivity index is 1.58. The molecular formula is C26H24ClN3O2S. The van der Waals surface area contributed by atoms with Gasteiger partial charge in [0.15, 0.2) is 10.9 Å². The number of nitrogens with zero attached hydrogens (tertiary/aromatic N) is 1. The van der Waals surface area contributed by atoms with Gasteiger partial charge in [0, 0.05) is 34.4 Å². The molecule has 1 aliphatic carbocycles. The standard InChI is InChI=1S/C26H24ClN3O2S/c1-26(2)12-18-21(19(31)13-26)20(15-8-4-3-5-9-15)22-23(28-18)29-25(30-24(22)32)33-14-16-10-6-7-11-17(16)27/h3-11,20H,12-14H2,1-2H3,(H2,28,29,30,32)/t20-/m0/s1. The predicted molar refractivity (Wildman–Crippen MR) is 133 cm³/mol. The summed E-state index contributed by atoms with van der Waals surface area (Å²) in [4.78, 5) is 34.3. The van der Waals surface area contributed by atoms with E-state index in [0.717, 1.165) is 23.2 Å². The summed E-state index contributed by atoms with van der Waals surface area (Å²) in [5.41, 5.74) is 3.58. The lowest BCUT2D eigenvalue weighted by Crippen LogP contribution is -2.37.